The summed E-state index contributed by atoms with van der Waals surface area (Å²) < 4.78 is 0.713. The highest BCUT2D eigenvalue weighted by molar-refractivity contribution is 9.10. The zero-order chi connectivity index (χ0) is 12.5. The molecule has 1 aliphatic rings. The van der Waals surface area contributed by atoms with Gasteiger partial charge in [-0.15, -0.1) is 0 Å². The monoisotopic (exact) mass is 294 g/mol. The Morgan fingerprint density at radius 1 is 1.59 bits per heavy atom. The number of nitriles is 1. The van der Waals surface area contributed by atoms with Gasteiger partial charge in [0.25, 0.3) is 0 Å². The summed E-state index contributed by atoms with van der Waals surface area (Å²) in [6, 6.07) is 7.32. The Kier molecular flexibility index (Phi) is 3.07. The lowest BCUT2D eigenvalue weighted by Gasteiger charge is -2.12. The van der Waals surface area contributed by atoms with Crippen molar-refractivity contribution in [1.29, 1.82) is 5.26 Å². The number of carbonyl (C=O) groups is 1. The van der Waals surface area contributed by atoms with Crippen LogP contribution in [-0.4, -0.2) is 17.6 Å². The zero-order valence-electron chi connectivity index (χ0n) is 9.03. The van der Waals surface area contributed by atoms with E-state index in [0.29, 0.717) is 16.6 Å². The maximum absolute atomic E-state index is 11.0. The van der Waals surface area contributed by atoms with Crippen molar-refractivity contribution in [2.24, 2.45) is 5.41 Å². The molecule has 2 N–H and O–H groups in total. The molecule has 2 rings (SSSR count). The van der Waals surface area contributed by atoms with Crippen LogP contribution < -0.4 is 5.32 Å². The Morgan fingerprint density at radius 2 is 2.29 bits per heavy atom. The zero-order valence-corrected chi connectivity index (χ0v) is 10.6. The van der Waals surface area contributed by atoms with Crippen LogP contribution in [0, 0.1) is 16.7 Å². The summed E-state index contributed by atoms with van der Waals surface area (Å²) >= 11 is 3.29. The van der Waals surface area contributed by atoms with Crippen molar-refractivity contribution >= 4 is 27.6 Å². The predicted molar refractivity (Wildman–Crippen MR) is 66.6 cm³/mol. The van der Waals surface area contributed by atoms with Crippen molar-refractivity contribution in [3.05, 3.63) is 28.2 Å². The third-order valence-corrected chi connectivity index (χ3v) is 3.68. The molecule has 17 heavy (non-hydrogen) atoms. The molecular formula is C12H11BrN2O2. The van der Waals surface area contributed by atoms with Gasteiger partial charge in [0.1, 0.15) is 6.07 Å². The van der Waals surface area contributed by atoms with Gasteiger partial charge >= 0.3 is 5.97 Å². The summed E-state index contributed by atoms with van der Waals surface area (Å²) in [6.45, 7) is 0.431. The van der Waals surface area contributed by atoms with Gasteiger partial charge in [0.15, 0.2) is 0 Å². The van der Waals surface area contributed by atoms with Crippen molar-refractivity contribution in [2.75, 3.05) is 11.9 Å². The van der Waals surface area contributed by atoms with E-state index in [1.54, 1.807) is 18.2 Å². The summed E-state index contributed by atoms with van der Waals surface area (Å²) in [7, 11) is 0. The average Bonchev–Trinajstić information content (AvgIpc) is 3.07. The molecule has 0 spiro atoms. The summed E-state index contributed by atoms with van der Waals surface area (Å²) in [5.41, 5.74) is 0.804. The number of anilines is 1. The highest BCUT2D eigenvalue weighted by atomic mass is 79.9. The number of hydrogen-bond acceptors (Lipinski definition) is 3. The molecule has 1 saturated carbocycles. The van der Waals surface area contributed by atoms with E-state index in [-0.39, 0.29) is 0 Å². The number of rotatable bonds is 4. The first kappa shape index (κ1) is 11.9. The van der Waals surface area contributed by atoms with E-state index in [1.807, 2.05) is 0 Å². The van der Waals surface area contributed by atoms with Gasteiger partial charge in [-0.2, -0.15) is 5.26 Å². The minimum atomic E-state index is -0.738. The molecule has 0 aliphatic heterocycles. The van der Waals surface area contributed by atoms with Crippen LogP contribution in [0.15, 0.2) is 22.7 Å². The van der Waals surface area contributed by atoms with Crippen molar-refractivity contribution in [2.45, 2.75) is 12.8 Å². The molecule has 0 amide bonds. The second-order valence-corrected chi connectivity index (χ2v) is 5.10. The average molecular weight is 295 g/mol. The SMILES string of the molecule is N#Cc1ccc(NCC2(C(=O)O)CC2)cc1Br. The molecule has 1 aromatic rings. The lowest BCUT2D eigenvalue weighted by atomic mass is 10.1. The van der Waals surface area contributed by atoms with Gasteiger partial charge in [0.2, 0.25) is 0 Å². The quantitative estimate of drug-likeness (QED) is 0.895. The third kappa shape index (κ3) is 2.42. The number of benzene rings is 1. The van der Waals surface area contributed by atoms with Crippen LogP contribution in [0.2, 0.25) is 0 Å². The first-order chi connectivity index (χ1) is 8.07. The molecule has 1 aliphatic carbocycles. The highest BCUT2D eigenvalue weighted by Gasteiger charge is 2.49. The van der Waals surface area contributed by atoms with Gasteiger partial charge in [-0.1, -0.05) is 0 Å². The maximum Gasteiger partial charge on any atom is 0.311 e. The molecule has 88 valence electrons. The van der Waals surface area contributed by atoms with E-state index in [9.17, 15) is 4.79 Å². The highest BCUT2D eigenvalue weighted by Crippen LogP contribution is 2.45. The van der Waals surface area contributed by atoms with E-state index in [2.05, 4.69) is 27.3 Å². The molecule has 1 aromatic carbocycles. The number of nitrogens with one attached hydrogen (secondary N) is 1. The molecule has 0 bridgehead atoms. The predicted octanol–water partition coefficient (Wildman–Crippen LogP) is 2.60. The van der Waals surface area contributed by atoms with Gasteiger partial charge in [-0.3, -0.25) is 4.79 Å². The van der Waals surface area contributed by atoms with E-state index in [1.165, 1.54) is 0 Å². The van der Waals surface area contributed by atoms with E-state index in [4.69, 9.17) is 10.4 Å². The Balaban J connectivity index is 2.03. The molecular weight excluding hydrogens is 284 g/mol. The summed E-state index contributed by atoms with van der Waals surface area (Å²) in [4.78, 5) is 11.0. The maximum atomic E-state index is 11.0. The first-order valence-electron chi connectivity index (χ1n) is 5.24. The number of carboxylic acids is 1. The van der Waals surface area contributed by atoms with Crippen molar-refractivity contribution in [1.82, 2.24) is 0 Å². The van der Waals surface area contributed by atoms with Crippen molar-refractivity contribution in [3.8, 4) is 6.07 Å². The van der Waals surface area contributed by atoms with Crippen LogP contribution in [-0.2, 0) is 4.79 Å². The van der Waals surface area contributed by atoms with E-state index >= 15 is 0 Å². The first-order valence-corrected chi connectivity index (χ1v) is 6.04. The van der Waals surface area contributed by atoms with Gasteiger partial charge < -0.3 is 10.4 Å². The number of hydrogen-bond donors (Lipinski definition) is 2. The fourth-order valence-electron chi connectivity index (χ4n) is 1.60. The van der Waals surface area contributed by atoms with Crippen LogP contribution in [0.25, 0.3) is 0 Å². The normalized spacial score (nSPS) is 16.0. The van der Waals surface area contributed by atoms with Gasteiger partial charge in [0.05, 0.1) is 11.0 Å². The lowest BCUT2D eigenvalue weighted by molar-refractivity contribution is -0.142. The number of aliphatic carboxylic acids is 1. The lowest BCUT2D eigenvalue weighted by Crippen LogP contribution is -2.24. The van der Waals surface area contributed by atoms with Crippen molar-refractivity contribution in [3.63, 3.8) is 0 Å². The Hall–Kier alpha value is -1.54. The smallest absolute Gasteiger partial charge is 0.311 e. The van der Waals surface area contributed by atoms with Crippen LogP contribution >= 0.6 is 15.9 Å². The van der Waals surface area contributed by atoms with E-state index < -0.39 is 11.4 Å². The van der Waals surface area contributed by atoms with Crippen LogP contribution in [0.1, 0.15) is 18.4 Å². The molecule has 0 atom stereocenters. The minimum Gasteiger partial charge on any atom is -0.481 e. The number of carboxylic acid groups (broad SMARTS) is 1. The molecule has 0 aromatic heterocycles. The third-order valence-electron chi connectivity index (χ3n) is 3.03. The topological polar surface area (TPSA) is 73.1 Å². The molecule has 0 unspecified atom stereocenters. The minimum absolute atomic E-state index is 0.431. The standard InChI is InChI=1S/C12H11BrN2O2/c13-10-5-9(2-1-8(10)6-14)15-7-12(3-4-12)11(16)17/h1-2,5,15H,3-4,7H2,(H,16,17). The molecule has 0 saturated heterocycles. The number of halogens is 1. The molecule has 1 fully saturated rings. The second kappa shape index (κ2) is 4.38. The van der Waals surface area contributed by atoms with Crippen LogP contribution in [0.3, 0.4) is 0 Å². The fourth-order valence-corrected chi connectivity index (χ4v) is 2.07. The summed E-state index contributed by atoms with van der Waals surface area (Å²) in [6.07, 6.45) is 1.46. The summed E-state index contributed by atoms with van der Waals surface area (Å²) in [5.74, 6) is -0.738. The Morgan fingerprint density at radius 3 is 2.76 bits per heavy atom. The second-order valence-electron chi connectivity index (χ2n) is 4.25. The molecule has 5 heteroatoms. The molecule has 0 radical (unpaired) electrons. The van der Waals surface area contributed by atoms with Gasteiger partial charge in [-0.05, 0) is 47.0 Å². The fraction of sp³-hybridized carbons (Fsp3) is 0.333. The Labute approximate surface area is 107 Å². The van der Waals surface area contributed by atoms with Crippen LogP contribution in [0.4, 0.5) is 5.69 Å². The van der Waals surface area contributed by atoms with Gasteiger partial charge in [-0.25, -0.2) is 0 Å². The van der Waals surface area contributed by atoms with Crippen LogP contribution in [0.5, 0.6) is 0 Å². The largest absolute Gasteiger partial charge is 0.481 e. The Bertz CT molecular complexity index is 504. The summed E-state index contributed by atoms with van der Waals surface area (Å²) in [5, 5.41) is 20.9. The van der Waals surface area contributed by atoms with Gasteiger partial charge in [0, 0.05) is 16.7 Å². The number of nitrogens with zero attached hydrogens (tertiary/aromatic N) is 1. The van der Waals surface area contributed by atoms with Crippen molar-refractivity contribution < 1.29 is 9.90 Å². The molecule has 0 heterocycles. The van der Waals surface area contributed by atoms with E-state index in [0.717, 1.165) is 18.5 Å². The molecule has 4 nitrogen and oxygen atoms in total.